The second kappa shape index (κ2) is 6.12. The Morgan fingerprint density at radius 1 is 1.50 bits per heavy atom. The number of nitrogens with one attached hydrogen (secondary N) is 1. The van der Waals surface area contributed by atoms with Gasteiger partial charge in [0.25, 0.3) is 5.91 Å². The lowest BCUT2D eigenvalue weighted by Gasteiger charge is -2.03. The minimum absolute atomic E-state index is 0.0688. The van der Waals surface area contributed by atoms with Crippen LogP contribution >= 0.6 is 11.8 Å². The molecule has 0 aliphatic carbocycles. The number of rotatable bonds is 5. The molecular weight excluding hydrogens is 228 g/mol. The molecule has 0 saturated carbocycles. The summed E-state index contributed by atoms with van der Waals surface area (Å²) in [6.45, 7) is 0.584. The summed E-state index contributed by atoms with van der Waals surface area (Å²) >= 11 is 1.64. The van der Waals surface area contributed by atoms with Gasteiger partial charge in [0.15, 0.2) is 0 Å². The highest BCUT2D eigenvalue weighted by atomic mass is 32.2. The summed E-state index contributed by atoms with van der Waals surface area (Å²) in [4.78, 5) is 25.7. The van der Waals surface area contributed by atoms with Crippen LogP contribution in [0, 0.1) is 0 Å². The molecule has 0 unspecified atom stereocenters. The zero-order chi connectivity index (χ0) is 12.0. The van der Waals surface area contributed by atoms with Crippen molar-refractivity contribution in [2.75, 3.05) is 18.6 Å². The standard InChI is InChI=1S/C10H12N2O3S/c1-16-5-4-11-9(13)7-2-3-8(10(14)15)12-6-7/h2-3,6H,4-5H2,1H3,(H,11,13)(H,14,15). The number of aromatic carboxylic acids is 1. The monoisotopic (exact) mass is 240 g/mol. The van der Waals surface area contributed by atoms with Crippen molar-refractivity contribution in [1.29, 1.82) is 0 Å². The average Bonchev–Trinajstić information content (AvgIpc) is 2.29. The number of thioether (sulfide) groups is 1. The summed E-state index contributed by atoms with van der Waals surface area (Å²) in [6.07, 6.45) is 3.22. The molecule has 2 N–H and O–H groups in total. The van der Waals surface area contributed by atoms with Crippen LogP contribution in [0.1, 0.15) is 20.8 Å². The van der Waals surface area contributed by atoms with E-state index in [1.807, 2.05) is 6.26 Å². The fourth-order valence-corrected chi connectivity index (χ4v) is 1.33. The average molecular weight is 240 g/mol. The summed E-state index contributed by atoms with van der Waals surface area (Å²) in [5, 5.41) is 11.3. The van der Waals surface area contributed by atoms with Gasteiger partial charge in [-0.15, -0.1) is 0 Å². The van der Waals surface area contributed by atoms with Crippen molar-refractivity contribution in [2.45, 2.75) is 0 Å². The van der Waals surface area contributed by atoms with E-state index in [1.54, 1.807) is 11.8 Å². The van der Waals surface area contributed by atoms with Gasteiger partial charge in [0, 0.05) is 18.5 Å². The zero-order valence-corrected chi connectivity index (χ0v) is 9.58. The molecule has 16 heavy (non-hydrogen) atoms. The van der Waals surface area contributed by atoms with E-state index in [2.05, 4.69) is 10.3 Å². The zero-order valence-electron chi connectivity index (χ0n) is 8.77. The molecule has 0 spiro atoms. The number of aromatic nitrogens is 1. The second-order valence-electron chi connectivity index (χ2n) is 2.99. The Bertz CT molecular complexity index is 378. The minimum Gasteiger partial charge on any atom is -0.477 e. The third-order valence-corrected chi connectivity index (χ3v) is 2.45. The van der Waals surface area contributed by atoms with Crippen LogP contribution in [-0.2, 0) is 0 Å². The van der Waals surface area contributed by atoms with Crippen molar-refractivity contribution < 1.29 is 14.7 Å². The molecule has 0 atom stereocenters. The van der Waals surface area contributed by atoms with Crippen molar-refractivity contribution in [3.8, 4) is 0 Å². The van der Waals surface area contributed by atoms with Gasteiger partial charge in [-0.25, -0.2) is 9.78 Å². The number of carbonyl (C=O) groups excluding carboxylic acids is 1. The quantitative estimate of drug-likeness (QED) is 0.747. The van der Waals surface area contributed by atoms with Crippen LogP contribution in [0.4, 0.5) is 0 Å². The van der Waals surface area contributed by atoms with Crippen LogP contribution in [-0.4, -0.2) is 40.5 Å². The molecule has 0 aliphatic rings. The van der Waals surface area contributed by atoms with Gasteiger partial charge in [-0.1, -0.05) is 0 Å². The maximum Gasteiger partial charge on any atom is 0.354 e. The lowest BCUT2D eigenvalue weighted by molar-refractivity contribution is 0.0689. The Kier molecular flexibility index (Phi) is 4.78. The van der Waals surface area contributed by atoms with Gasteiger partial charge in [0.2, 0.25) is 0 Å². The topological polar surface area (TPSA) is 79.3 Å². The predicted molar refractivity (Wildman–Crippen MR) is 61.9 cm³/mol. The molecule has 0 aliphatic heterocycles. The molecule has 1 heterocycles. The largest absolute Gasteiger partial charge is 0.477 e. The Morgan fingerprint density at radius 2 is 2.25 bits per heavy atom. The Balaban J connectivity index is 2.59. The van der Waals surface area contributed by atoms with Gasteiger partial charge >= 0.3 is 5.97 Å². The number of amides is 1. The minimum atomic E-state index is -1.10. The van der Waals surface area contributed by atoms with E-state index >= 15 is 0 Å². The molecule has 1 rings (SSSR count). The molecule has 0 radical (unpaired) electrons. The molecule has 0 bridgehead atoms. The highest BCUT2D eigenvalue weighted by Gasteiger charge is 2.08. The molecule has 1 aromatic rings. The lowest BCUT2D eigenvalue weighted by atomic mass is 10.2. The summed E-state index contributed by atoms with van der Waals surface area (Å²) in [5.74, 6) is -0.500. The lowest BCUT2D eigenvalue weighted by Crippen LogP contribution is -2.25. The first-order valence-corrected chi connectivity index (χ1v) is 6.01. The van der Waals surface area contributed by atoms with Crippen LogP contribution < -0.4 is 5.32 Å². The smallest absolute Gasteiger partial charge is 0.354 e. The van der Waals surface area contributed by atoms with Crippen LogP contribution in [0.5, 0.6) is 0 Å². The van der Waals surface area contributed by atoms with Gasteiger partial charge in [-0.3, -0.25) is 4.79 Å². The van der Waals surface area contributed by atoms with Gasteiger partial charge in [-0.05, 0) is 18.4 Å². The van der Waals surface area contributed by atoms with Crippen LogP contribution in [0.25, 0.3) is 0 Å². The van der Waals surface area contributed by atoms with E-state index in [9.17, 15) is 9.59 Å². The summed E-state index contributed by atoms with van der Waals surface area (Å²) in [6, 6.07) is 2.76. The van der Waals surface area contributed by atoms with Crippen molar-refractivity contribution >= 4 is 23.6 Å². The van der Waals surface area contributed by atoms with Crippen molar-refractivity contribution in [2.24, 2.45) is 0 Å². The molecule has 0 saturated heterocycles. The maximum atomic E-state index is 11.5. The summed E-state index contributed by atoms with van der Waals surface area (Å²) < 4.78 is 0. The van der Waals surface area contributed by atoms with E-state index in [0.717, 1.165) is 5.75 Å². The first-order valence-electron chi connectivity index (χ1n) is 4.61. The fourth-order valence-electron chi connectivity index (χ4n) is 1.02. The second-order valence-corrected chi connectivity index (χ2v) is 3.97. The van der Waals surface area contributed by atoms with Crippen molar-refractivity contribution in [1.82, 2.24) is 10.3 Å². The summed E-state index contributed by atoms with van der Waals surface area (Å²) in [5.41, 5.74) is 0.298. The third kappa shape index (κ3) is 3.54. The maximum absolute atomic E-state index is 11.5. The first-order chi connectivity index (χ1) is 7.65. The van der Waals surface area contributed by atoms with Crippen LogP contribution in [0.3, 0.4) is 0 Å². The SMILES string of the molecule is CSCCNC(=O)c1ccc(C(=O)O)nc1. The van der Waals surface area contributed by atoms with Crippen LogP contribution in [0.2, 0.25) is 0 Å². The van der Waals surface area contributed by atoms with Gasteiger partial charge in [-0.2, -0.15) is 11.8 Å². The number of pyridine rings is 1. The predicted octanol–water partition coefficient (Wildman–Crippen LogP) is 0.873. The molecule has 0 fully saturated rings. The van der Waals surface area contributed by atoms with Crippen LogP contribution in [0.15, 0.2) is 18.3 Å². The number of carboxylic acids is 1. The number of hydrogen-bond acceptors (Lipinski definition) is 4. The normalized spacial score (nSPS) is 9.81. The molecular formula is C10H12N2O3S. The molecule has 1 aromatic heterocycles. The van der Waals surface area contributed by atoms with Gasteiger partial charge in [0.1, 0.15) is 5.69 Å². The third-order valence-electron chi connectivity index (χ3n) is 1.84. The van der Waals surface area contributed by atoms with Gasteiger partial charge < -0.3 is 10.4 Å². The molecule has 0 aromatic carbocycles. The highest BCUT2D eigenvalue weighted by Crippen LogP contribution is 2.00. The molecule has 1 amide bonds. The number of hydrogen-bond donors (Lipinski definition) is 2. The molecule has 5 nitrogen and oxygen atoms in total. The van der Waals surface area contributed by atoms with Crippen molar-refractivity contribution in [3.05, 3.63) is 29.6 Å². The van der Waals surface area contributed by atoms with Crippen molar-refractivity contribution in [3.63, 3.8) is 0 Å². The van der Waals surface area contributed by atoms with E-state index in [1.165, 1.54) is 18.3 Å². The number of carboxylic acid groups (broad SMARTS) is 1. The van der Waals surface area contributed by atoms with E-state index in [-0.39, 0.29) is 11.6 Å². The first kappa shape index (κ1) is 12.5. The summed E-state index contributed by atoms with van der Waals surface area (Å²) in [7, 11) is 0. The Morgan fingerprint density at radius 3 is 2.75 bits per heavy atom. The van der Waals surface area contributed by atoms with E-state index in [4.69, 9.17) is 5.11 Å². The van der Waals surface area contributed by atoms with E-state index in [0.29, 0.717) is 12.1 Å². The Hall–Kier alpha value is -1.56. The number of nitrogens with zero attached hydrogens (tertiary/aromatic N) is 1. The Labute approximate surface area is 97.3 Å². The van der Waals surface area contributed by atoms with E-state index < -0.39 is 5.97 Å². The van der Waals surface area contributed by atoms with Gasteiger partial charge in [0.05, 0.1) is 5.56 Å². The molecule has 6 heteroatoms. The fraction of sp³-hybridized carbons (Fsp3) is 0.300. The highest BCUT2D eigenvalue weighted by molar-refractivity contribution is 7.98. The molecule has 86 valence electrons. The number of carbonyl (C=O) groups is 2.